The van der Waals surface area contributed by atoms with Gasteiger partial charge < -0.3 is 15.2 Å². The van der Waals surface area contributed by atoms with E-state index in [1.54, 1.807) is 31.2 Å². The van der Waals surface area contributed by atoms with Crippen molar-refractivity contribution in [3.63, 3.8) is 0 Å². The summed E-state index contributed by atoms with van der Waals surface area (Å²) in [6.07, 6.45) is 1.31. The van der Waals surface area contributed by atoms with Crippen LogP contribution in [0.15, 0.2) is 85.2 Å². The molecule has 0 aliphatic rings. The summed E-state index contributed by atoms with van der Waals surface area (Å²) in [5, 5.41) is 0. The zero-order chi connectivity index (χ0) is 23.3. The highest BCUT2D eigenvalue weighted by molar-refractivity contribution is 7.92. The van der Waals surface area contributed by atoms with Gasteiger partial charge in [-0.3, -0.25) is 4.72 Å². The van der Waals surface area contributed by atoms with E-state index >= 15 is 0 Å². The summed E-state index contributed by atoms with van der Waals surface area (Å²) in [6.45, 7) is 1.56. The van der Waals surface area contributed by atoms with Crippen LogP contribution in [-0.4, -0.2) is 24.1 Å². The lowest BCUT2D eigenvalue weighted by atomic mass is 10.1. The maximum absolute atomic E-state index is 11.9. The molecule has 8 nitrogen and oxygen atoms in total. The summed E-state index contributed by atoms with van der Waals surface area (Å²) in [5.74, 6) is 2.26. The van der Waals surface area contributed by atoms with Gasteiger partial charge in [-0.2, -0.15) is 0 Å². The van der Waals surface area contributed by atoms with Gasteiger partial charge in [-0.05, 0) is 48.9 Å². The van der Waals surface area contributed by atoms with Crippen molar-refractivity contribution in [2.75, 3.05) is 16.2 Å². The first-order valence-electron chi connectivity index (χ1n) is 10.2. The van der Waals surface area contributed by atoms with Gasteiger partial charge in [0.1, 0.15) is 29.4 Å². The van der Waals surface area contributed by atoms with E-state index in [1.807, 2.05) is 54.6 Å². The molecule has 0 bridgehead atoms. The number of para-hydroxylation sites is 1. The van der Waals surface area contributed by atoms with Crippen LogP contribution in [0, 0.1) is 0 Å². The van der Waals surface area contributed by atoms with Crippen molar-refractivity contribution in [3.05, 3.63) is 85.2 Å². The van der Waals surface area contributed by atoms with Crippen molar-refractivity contribution in [2.45, 2.75) is 6.92 Å². The third-order valence-electron chi connectivity index (χ3n) is 4.67. The fourth-order valence-corrected chi connectivity index (χ4v) is 3.66. The maximum atomic E-state index is 11.9. The molecule has 1 aromatic heterocycles. The van der Waals surface area contributed by atoms with Gasteiger partial charge in [0.25, 0.3) is 0 Å². The fourth-order valence-electron chi connectivity index (χ4n) is 3.03. The Morgan fingerprint density at radius 1 is 0.848 bits per heavy atom. The van der Waals surface area contributed by atoms with Crippen LogP contribution in [0.1, 0.15) is 6.92 Å². The van der Waals surface area contributed by atoms with E-state index in [4.69, 9.17) is 15.2 Å². The summed E-state index contributed by atoms with van der Waals surface area (Å²) in [7, 11) is -3.41. The third-order valence-corrected chi connectivity index (χ3v) is 5.97. The van der Waals surface area contributed by atoms with E-state index in [1.165, 1.54) is 6.33 Å². The highest BCUT2D eigenvalue weighted by atomic mass is 32.2. The molecule has 3 N–H and O–H groups in total. The molecule has 0 saturated carbocycles. The van der Waals surface area contributed by atoms with Crippen molar-refractivity contribution in [1.29, 1.82) is 0 Å². The predicted octanol–water partition coefficient (Wildman–Crippen LogP) is 5.07. The number of nitrogen functional groups attached to an aromatic ring is 1. The number of benzene rings is 3. The molecule has 3 aromatic carbocycles. The molecule has 0 amide bonds. The number of rotatable bonds is 8. The highest BCUT2D eigenvalue weighted by Gasteiger charge is 2.15. The molecule has 9 heteroatoms. The monoisotopic (exact) mass is 462 g/mol. The van der Waals surface area contributed by atoms with Crippen molar-refractivity contribution in [1.82, 2.24) is 9.97 Å². The summed E-state index contributed by atoms with van der Waals surface area (Å²) >= 11 is 0. The Bertz CT molecular complexity index is 1340. The average molecular weight is 463 g/mol. The molecule has 0 aliphatic heterocycles. The Hall–Kier alpha value is -4.11. The van der Waals surface area contributed by atoms with E-state index in [9.17, 15) is 8.42 Å². The molecule has 4 aromatic rings. The van der Waals surface area contributed by atoms with Crippen molar-refractivity contribution >= 4 is 21.5 Å². The molecule has 0 atom stereocenters. The van der Waals surface area contributed by atoms with Gasteiger partial charge in [-0.25, -0.2) is 18.4 Å². The SMILES string of the molecule is CCS(=O)(=O)Nc1cccc(Oc2ncnc(N)c2-c2ccc(Oc3ccccc3)cc2)c1. The first-order chi connectivity index (χ1) is 15.9. The van der Waals surface area contributed by atoms with E-state index in [-0.39, 0.29) is 17.5 Å². The summed E-state index contributed by atoms with van der Waals surface area (Å²) in [6, 6.07) is 23.4. The molecule has 0 unspecified atom stereocenters. The van der Waals surface area contributed by atoms with E-state index in [0.717, 1.165) is 11.3 Å². The van der Waals surface area contributed by atoms with E-state index in [0.29, 0.717) is 22.7 Å². The van der Waals surface area contributed by atoms with Crippen LogP contribution in [-0.2, 0) is 10.0 Å². The maximum Gasteiger partial charge on any atom is 0.232 e. The first kappa shape index (κ1) is 22.1. The minimum atomic E-state index is -3.41. The molecule has 0 fully saturated rings. The van der Waals surface area contributed by atoms with Crippen LogP contribution >= 0.6 is 0 Å². The summed E-state index contributed by atoms with van der Waals surface area (Å²) < 4.78 is 38.0. The quantitative estimate of drug-likeness (QED) is 0.375. The molecule has 0 aliphatic carbocycles. The molecule has 168 valence electrons. The Labute approximate surface area is 192 Å². The lowest BCUT2D eigenvalue weighted by Crippen LogP contribution is -2.14. The minimum absolute atomic E-state index is 0.0331. The molecular formula is C24H22N4O4S. The van der Waals surface area contributed by atoms with Gasteiger partial charge in [0.15, 0.2) is 0 Å². The summed E-state index contributed by atoms with van der Waals surface area (Å²) in [5.41, 5.74) is 7.79. The van der Waals surface area contributed by atoms with Gasteiger partial charge in [0, 0.05) is 6.07 Å². The second-order valence-electron chi connectivity index (χ2n) is 7.01. The number of aromatic nitrogens is 2. The lowest BCUT2D eigenvalue weighted by Gasteiger charge is -2.13. The first-order valence-corrected chi connectivity index (χ1v) is 11.8. The Morgan fingerprint density at radius 2 is 1.55 bits per heavy atom. The largest absolute Gasteiger partial charge is 0.457 e. The predicted molar refractivity (Wildman–Crippen MR) is 128 cm³/mol. The Kier molecular flexibility index (Phi) is 6.41. The standard InChI is InChI=1S/C24H22N4O4S/c1-2-33(29,30)28-18-7-6-10-21(15-18)32-24-22(23(25)26-16-27-24)17-11-13-20(14-12-17)31-19-8-4-3-5-9-19/h3-16,28H,2H2,1H3,(H2,25,26,27). The minimum Gasteiger partial charge on any atom is -0.457 e. The lowest BCUT2D eigenvalue weighted by molar-refractivity contribution is 0.464. The van der Waals surface area contributed by atoms with Crippen molar-refractivity contribution < 1.29 is 17.9 Å². The number of hydrogen-bond donors (Lipinski definition) is 2. The fraction of sp³-hybridized carbons (Fsp3) is 0.0833. The molecule has 1 heterocycles. The third kappa shape index (κ3) is 5.58. The normalized spacial score (nSPS) is 11.1. The second kappa shape index (κ2) is 9.58. The second-order valence-corrected chi connectivity index (χ2v) is 9.02. The highest BCUT2D eigenvalue weighted by Crippen LogP contribution is 2.36. The van der Waals surface area contributed by atoms with Crippen molar-refractivity contribution in [3.8, 4) is 34.3 Å². The van der Waals surface area contributed by atoms with Crippen LogP contribution in [0.3, 0.4) is 0 Å². The van der Waals surface area contributed by atoms with Crippen molar-refractivity contribution in [2.24, 2.45) is 0 Å². The molecule has 0 radical (unpaired) electrons. The Morgan fingerprint density at radius 3 is 2.27 bits per heavy atom. The smallest absolute Gasteiger partial charge is 0.232 e. The van der Waals surface area contributed by atoms with Crippen LogP contribution in [0.2, 0.25) is 0 Å². The zero-order valence-corrected chi connectivity index (χ0v) is 18.6. The number of nitrogens with zero attached hydrogens (tertiary/aromatic N) is 2. The van der Waals surface area contributed by atoms with Crippen LogP contribution < -0.4 is 19.9 Å². The summed E-state index contributed by atoms with van der Waals surface area (Å²) in [4.78, 5) is 8.33. The van der Waals surface area contributed by atoms with Crippen LogP contribution in [0.4, 0.5) is 11.5 Å². The molecule has 33 heavy (non-hydrogen) atoms. The van der Waals surface area contributed by atoms with Crippen LogP contribution in [0.5, 0.6) is 23.1 Å². The molecule has 0 saturated heterocycles. The van der Waals surface area contributed by atoms with Gasteiger partial charge in [-0.1, -0.05) is 36.4 Å². The number of anilines is 2. The van der Waals surface area contributed by atoms with Crippen LogP contribution in [0.25, 0.3) is 11.1 Å². The molecule has 4 rings (SSSR count). The van der Waals surface area contributed by atoms with Gasteiger partial charge >= 0.3 is 0 Å². The van der Waals surface area contributed by atoms with Gasteiger partial charge in [0.2, 0.25) is 15.9 Å². The van der Waals surface area contributed by atoms with E-state index in [2.05, 4.69) is 14.7 Å². The molecular weight excluding hydrogens is 440 g/mol. The number of hydrogen-bond acceptors (Lipinski definition) is 7. The number of ether oxygens (including phenoxy) is 2. The topological polar surface area (TPSA) is 116 Å². The zero-order valence-electron chi connectivity index (χ0n) is 17.8. The number of nitrogens with one attached hydrogen (secondary N) is 1. The molecule has 0 spiro atoms. The number of nitrogens with two attached hydrogens (primary N) is 1. The Balaban J connectivity index is 1.59. The van der Waals surface area contributed by atoms with Gasteiger partial charge in [0.05, 0.1) is 17.0 Å². The van der Waals surface area contributed by atoms with Gasteiger partial charge in [-0.15, -0.1) is 0 Å². The number of sulfonamides is 1. The average Bonchev–Trinajstić information content (AvgIpc) is 2.81. The van der Waals surface area contributed by atoms with E-state index < -0.39 is 10.0 Å².